The third-order valence-corrected chi connectivity index (χ3v) is 5.35. The highest BCUT2D eigenvalue weighted by Gasteiger charge is 2.53. The van der Waals surface area contributed by atoms with Gasteiger partial charge in [-0.05, 0) is 61.7 Å². The number of terminal acetylenes is 1. The van der Waals surface area contributed by atoms with Crippen molar-refractivity contribution in [3.63, 3.8) is 0 Å². The van der Waals surface area contributed by atoms with E-state index in [1.165, 1.54) is 38.5 Å². The van der Waals surface area contributed by atoms with Crippen LogP contribution in [0.3, 0.4) is 0 Å². The van der Waals surface area contributed by atoms with Crippen LogP contribution in [0.1, 0.15) is 44.9 Å². The smallest absolute Gasteiger partial charge is 0.0376 e. The summed E-state index contributed by atoms with van der Waals surface area (Å²) in [5, 5.41) is 0. The molecule has 4 aliphatic carbocycles. The van der Waals surface area contributed by atoms with Crippen LogP contribution in [0.15, 0.2) is 0 Å². The van der Waals surface area contributed by atoms with Crippen molar-refractivity contribution in [3.8, 4) is 12.3 Å². The zero-order valence-electron chi connectivity index (χ0n) is 9.91. The molecular formula is C14H22N2. The van der Waals surface area contributed by atoms with E-state index >= 15 is 0 Å². The fourth-order valence-corrected chi connectivity index (χ4v) is 5.17. The van der Waals surface area contributed by atoms with Gasteiger partial charge in [-0.2, -0.15) is 0 Å². The van der Waals surface area contributed by atoms with Crippen molar-refractivity contribution in [2.75, 3.05) is 0 Å². The Morgan fingerprint density at radius 1 is 1.19 bits per heavy atom. The first-order valence-corrected chi connectivity index (χ1v) is 6.65. The molecule has 0 aliphatic heterocycles. The number of hydrogen-bond acceptors (Lipinski definition) is 2. The lowest BCUT2D eigenvalue weighted by Crippen LogP contribution is -2.57. The van der Waals surface area contributed by atoms with Gasteiger partial charge in [0.2, 0.25) is 0 Å². The number of hydrazine groups is 1. The molecule has 4 rings (SSSR count). The molecule has 0 heterocycles. The van der Waals surface area contributed by atoms with Crippen LogP contribution in [-0.4, -0.2) is 6.04 Å². The van der Waals surface area contributed by atoms with Crippen LogP contribution in [0, 0.1) is 35.5 Å². The van der Waals surface area contributed by atoms with E-state index in [9.17, 15) is 0 Å². The predicted octanol–water partition coefficient (Wildman–Crippen LogP) is 2.06. The van der Waals surface area contributed by atoms with Gasteiger partial charge in [-0.15, -0.1) is 12.3 Å². The van der Waals surface area contributed by atoms with Gasteiger partial charge in [0.25, 0.3) is 0 Å². The average Bonchev–Trinajstić information content (AvgIpc) is 2.23. The average molecular weight is 218 g/mol. The molecule has 88 valence electrons. The maximum Gasteiger partial charge on any atom is 0.0376 e. The van der Waals surface area contributed by atoms with Crippen molar-refractivity contribution < 1.29 is 0 Å². The number of nitrogens with two attached hydrogens (primary N) is 1. The van der Waals surface area contributed by atoms with Crippen molar-refractivity contribution in [3.05, 3.63) is 0 Å². The SMILES string of the molecule is C#CCC(NN)C12CC3CC(CC(C3)C1)C2. The molecule has 16 heavy (non-hydrogen) atoms. The van der Waals surface area contributed by atoms with Gasteiger partial charge in [0.05, 0.1) is 0 Å². The minimum atomic E-state index is 0.353. The first kappa shape index (κ1) is 10.6. The fourth-order valence-electron chi connectivity index (χ4n) is 5.17. The molecule has 0 amide bonds. The van der Waals surface area contributed by atoms with Gasteiger partial charge >= 0.3 is 0 Å². The number of rotatable bonds is 3. The summed E-state index contributed by atoms with van der Waals surface area (Å²) in [4.78, 5) is 0. The van der Waals surface area contributed by atoms with Gasteiger partial charge in [0.15, 0.2) is 0 Å². The summed E-state index contributed by atoms with van der Waals surface area (Å²) in [5.41, 5.74) is 3.46. The van der Waals surface area contributed by atoms with Crippen molar-refractivity contribution in [1.82, 2.24) is 5.43 Å². The van der Waals surface area contributed by atoms with E-state index in [0.717, 1.165) is 24.2 Å². The van der Waals surface area contributed by atoms with Crippen molar-refractivity contribution >= 4 is 0 Å². The largest absolute Gasteiger partial charge is 0.271 e. The van der Waals surface area contributed by atoms with Crippen LogP contribution in [0.2, 0.25) is 0 Å². The second-order valence-electron chi connectivity index (χ2n) is 6.41. The maximum absolute atomic E-state index is 5.73. The molecule has 4 bridgehead atoms. The minimum absolute atomic E-state index is 0.353. The molecule has 4 saturated carbocycles. The molecule has 0 saturated heterocycles. The Morgan fingerprint density at radius 3 is 2.06 bits per heavy atom. The highest BCUT2D eigenvalue weighted by Crippen LogP contribution is 2.61. The molecule has 1 atom stereocenters. The molecule has 2 heteroatoms. The van der Waals surface area contributed by atoms with E-state index in [2.05, 4.69) is 11.3 Å². The van der Waals surface area contributed by atoms with Crippen LogP contribution in [0.25, 0.3) is 0 Å². The summed E-state index contributed by atoms with van der Waals surface area (Å²) in [5.74, 6) is 11.5. The van der Waals surface area contributed by atoms with Crippen LogP contribution in [0.4, 0.5) is 0 Å². The third-order valence-electron chi connectivity index (χ3n) is 5.35. The molecule has 0 spiro atoms. The van der Waals surface area contributed by atoms with Crippen LogP contribution >= 0.6 is 0 Å². The summed E-state index contributed by atoms with van der Waals surface area (Å²) in [6.07, 6.45) is 14.8. The Labute approximate surface area is 98.3 Å². The Balaban J connectivity index is 1.84. The van der Waals surface area contributed by atoms with Gasteiger partial charge in [0.1, 0.15) is 0 Å². The fraction of sp³-hybridized carbons (Fsp3) is 0.857. The van der Waals surface area contributed by atoms with E-state index < -0.39 is 0 Å². The Hall–Kier alpha value is -0.520. The first-order chi connectivity index (χ1) is 7.75. The van der Waals surface area contributed by atoms with E-state index in [-0.39, 0.29) is 0 Å². The highest BCUT2D eigenvalue weighted by molar-refractivity contribution is 5.08. The Morgan fingerprint density at radius 2 is 1.69 bits per heavy atom. The molecule has 0 aromatic carbocycles. The molecule has 0 aromatic rings. The van der Waals surface area contributed by atoms with Crippen LogP contribution in [0.5, 0.6) is 0 Å². The molecule has 3 N–H and O–H groups in total. The third kappa shape index (κ3) is 1.49. The summed E-state index contributed by atoms with van der Waals surface area (Å²) < 4.78 is 0. The number of nitrogens with one attached hydrogen (secondary N) is 1. The maximum atomic E-state index is 5.73. The summed E-state index contributed by atoms with van der Waals surface area (Å²) >= 11 is 0. The zero-order chi connectivity index (χ0) is 11.2. The molecule has 0 aromatic heterocycles. The molecule has 2 nitrogen and oxygen atoms in total. The second-order valence-corrected chi connectivity index (χ2v) is 6.41. The van der Waals surface area contributed by atoms with E-state index in [0.29, 0.717) is 11.5 Å². The molecule has 4 aliphatic rings. The first-order valence-electron chi connectivity index (χ1n) is 6.65. The van der Waals surface area contributed by atoms with Crippen molar-refractivity contribution in [2.24, 2.45) is 29.0 Å². The quantitative estimate of drug-likeness (QED) is 0.432. The van der Waals surface area contributed by atoms with Crippen molar-refractivity contribution in [1.29, 1.82) is 0 Å². The topological polar surface area (TPSA) is 38.0 Å². The molecule has 1 unspecified atom stereocenters. The van der Waals surface area contributed by atoms with Crippen LogP contribution in [-0.2, 0) is 0 Å². The zero-order valence-corrected chi connectivity index (χ0v) is 9.91. The lowest BCUT2D eigenvalue weighted by atomic mass is 9.47. The predicted molar refractivity (Wildman–Crippen MR) is 65.2 cm³/mol. The monoisotopic (exact) mass is 218 g/mol. The lowest BCUT2D eigenvalue weighted by molar-refractivity contribution is -0.0728. The van der Waals surface area contributed by atoms with E-state index in [1.807, 2.05) is 0 Å². The lowest BCUT2D eigenvalue weighted by Gasteiger charge is -2.59. The van der Waals surface area contributed by atoms with Gasteiger partial charge in [-0.25, -0.2) is 0 Å². The standard InChI is InChI=1S/C14H22N2/c1-2-3-13(16-15)14-7-10-4-11(8-14)6-12(5-10)9-14/h1,10-13,16H,3-9,15H2. The van der Waals surface area contributed by atoms with Gasteiger partial charge in [0, 0.05) is 12.5 Å². The second kappa shape index (κ2) is 3.75. The van der Waals surface area contributed by atoms with Gasteiger partial charge in [-0.3, -0.25) is 11.3 Å². The van der Waals surface area contributed by atoms with Crippen molar-refractivity contribution in [2.45, 2.75) is 51.0 Å². The van der Waals surface area contributed by atoms with Gasteiger partial charge < -0.3 is 0 Å². The molecular weight excluding hydrogens is 196 g/mol. The summed E-state index contributed by atoms with van der Waals surface area (Å²) in [7, 11) is 0. The molecule has 4 fully saturated rings. The normalized spacial score (nSPS) is 46.6. The Kier molecular flexibility index (Phi) is 2.49. The summed E-state index contributed by atoms with van der Waals surface area (Å²) in [6.45, 7) is 0. The Bertz CT molecular complexity index is 280. The highest BCUT2D eigenvalue weighted by atomic mass is 15.2. The summed E-state index contributed by atoms with van der Waals surface area (Å²) in [6, 6.07) is 0.353. The van der Waals surface area contributed by atoms with Gasteiger partial charge in [-0.1, -0.05) is 0 Å². The van der Waals surface area contributed by atoms with Crippen LogP contribution < -0.4 is 11.3 Å². The van der Waals surface area contributed by atoms with E-state index in [4.69, 9.17) is 12.3 Å². The van der Waals surface area contributed by atoms with E-state index in [1.54, 1.807) is 0 Å². The number of hydrogen-bond donors (Lipinski definition) is 2. The minimum Gasteiger partial charge on any atom is -0.271 e. The molecule has 0 radical (unpaired) electrons.